The van der Waals surface area contributed by atoms with Gasteiger partial charge in [-0.1, -0.05) is 0 Å². The van der Waals surface area contributed by atoms with Gasteiger partial charge in [0.15, 0.2) is 0 Å². The molecule has 1 aliphatic rings. The number of hydrogen-bond donors (Lipinski definition) is 0. The van der Waals surface area contributed by atoms with Crippen molar-refractivity contribution < 1.29 is 5.11 Å². The Morgan fingerprint density at radius 2 is 2.20 bits per heavy atom. The second kappa shape index (κ2) is 5.21. The Morgan fingerprint density at radius 1 is 1.53 bits per heavy atom. The zero-order chi connectivity index (χ0) is 11.4. The molecule has 0 aromatic heterocycles. The Kier molecular flexibility index (Phi) is 4.21. The predicted molar refractivity (Wildman–Crippen MR) is 61.4 cm³/mol. The molecule has 0 aliphatic carbocycles. The van der Waals surface area contributed by atoms with E-state index in [0.717, 1.165) is 18.9 Å². The summed E-state index contributed by atoms with van der Waals surface area (Å²) in [5.74, 6) is 1.03. The summed E-state index contributed by atoms with van der Waals surface area (Å²) >= 11 is 0. The molecule has 0 aromatic rings. The molecule has 0 amide bonds. The van der Waals surface area contributed by atoms with E-state index >= 15 is 0 Å². The largest absolute Gasteiger partial charge is 0.955 e. The third-order valence-electron chi connectivity index (χ3n) is 2.76. The van der Waals surface area contributed by atoms with Gasteiger partial charge in [-0.05, 0) is 26.4 Å². The van der Waals surface area contributed by atoms with Gasteiger partial charge in [0.25, 0.3) is 0 Å². The number of allylic oxidation sites excluding steroid dienone is 2. The SMILES string of the molecule is CC([O-])=C(N=CC1CCCN1C)[C-](C)C. The lowest BCUT2D eigenvalue weighted by molar-refractivity contribution is -0.303. The van der Waals surface area contributed by atoms with E-state index in [2.05, 4.69) is 16.9 Å². The first-order valence-electron chi connectivity index (χ1n) is 5.45. The van der Waals surface area contributed by atoms with Gasteiger partial charge in [0.2, 0.25) is 0 Å². The van der Waals surface area contributed by atoms with Gasteiger partial charge >= 0.3 is 0 Å². The van der Waals surface area contributed by atoms with E-state index in [1.54, 1.807) is 6.92 Å². The third kappa shape index (κ3) is 3.27. The molecule has 0 bridgehead atoms. The molecule has 1 rings (SSSR count). The van der Waals surface area contributed by atoms with Crippen molar-refractivity contribution in [2.45, 2.75) is 39.7 Å². The Hall–Kier alpha value is -0.960. The minimum absolute atomic E-state index is 0.0481. The van der Waals surface area contributed by atoms with Crippen LogP contribution in [0.5, 0.6) is 0 Å². The number of aliphatic imine (C=N–C) groups is 1. The van der Waals surface area contributed by atoms with Crippen molar-refractivity contribution in [3.8, 4) is 0 Å². The fourth-order valence-electron chi connectivity index (χ4n) is 1.86. The van der Waals surface area contributed by atoms with Gasteiger partial charge < -0.3 is 5.11 Å². The van der Waals surface area contributed by atoms with Crippen LogP contribution in [0.2, 0.25) is 0 Å². The Morgan fingerprint density at radius 3 is 2.60 bits per heavy atom. The maximum absolute atomic E-state index is 11.3. The van der Waals surface area contributed by atoms with Gasteiger partial charge in [-0.3, -0.25) is 15.7 Å². The van der Waals surface area contributed by atoms with Gasteiger partial charge in [-0.15, -0.1) is 26.5 Å². The predicted octanol–water partition coefficient (Wildman–Crippen LogP) is 1.36. The quantitative estimate of drug-likeness (QED) is 0.399. The van der Waals surface area contributed by atoms with Crippen molar-refractivity contribution in [3.05, 3.63) is 17.4 Å². The molecule has 0 saturated carbocycles. The zero-order valence-electron chi connectivity index (χ0n) is 10.1. The van der Waals surface area contributed by atoms with E-state index in [9.17, 15) is 5.11 Å². The standard InChI is InChI=1S/C12H21N2O/c1-9(2)12(10(3)15)13-8-11-6-5-7-14(11)4/h8,11,15H,5-7H2,1-4H3/q-1/p-1. The van der Waals surface area contributed by atoms with Crippen LogP contribution in [0.4, 0.5) is 0 Å². The van der Waals surface area contributed by atoms with Gasteiger partial charge in [0, 0.05) is 12.3 Å². The van der Waals surface area contributed by atoms with Crippen LogP contribution in [0.25, 0.3) is 0 Å². The third-order valence-corrected chi connectivity index (χ3v) is 2.76. The Bertz CT molecular complexity index is 265. The Labute approximate surface area is 92.5 Å². The number of nitrogens with zero attached hydrogens (tertiary/aromatic N) is 2. The molecule has 1 unspecified atom stereocenters. The molecule has 0 radical (unpaired) electrons. The smallest absolute Gasteiger partial charge is 0.0447 e. The maximum Gasteiger partial charge on any atom is 0.0447 e. The summed E-state index contributed by atoms with van der Waals surface area (Å²) in [5.41, 5.74) is 0.607. The minimum atomic E-state index is 0.0481. The van der Waals surface area contributed by atoms with Crippen molar-refractivity contribution in [2.75, 3.05) is 13.6 Å². The van der Waals surface area contributed by atoms with Gasteiger partial charge in [0.05, 0.1) is 0 Å². The molecule has 0 spiro atoms. The molecule has 1 aliphatic heterocycles. The lowest BCUT2D eigenvalue weighted by atomic mass is 10.1. The first-order chi connectivity index (χ1) is 7.02. The van der Waals surface area contributed by atoms with E-state index in [-0.39, 0.29) is 5.76 Å². The topological polar surface area (TPSA) is 38.7 Å². The summed E-state index contributed by atoms with van der Waals surface area (Å²) < 4.78 is 0. The van der Waals surface area contributed by atoms with E-state index in [1.807, 2.05) is 20.1 Å². The van der Waals surface area contributed by atoms with Crippen LogP contribution < -0.4 is 5.11 Å². The highest BCUT2D eigenvalue weighted by molar-refractivity contribution is 5.66. The van der Waals surface area contributed by atoms with E-state index < -0.39 is 0 Å². The van der Waals surface area contributed by atoms with Gasteiger partial charge in [-0.2, -0.15) is 5.92 Å². The highest BCUT2D eigenvalue weighted by atomic mass is 16.3. The lowest BCUT2D eigenvalue weighted by Gasteiger charge is -2.27. The maximum atomic E-state index is 11.3. The first-order valence-corrected chi connectivity index (χ1v) is 5.45. The van der Waals surface area contributed by atoms with E-state index in [1.165, 1.54) is 6.42 Å². The van der Waals surface area contributed by atoms with Crippen molar-refractivity contribution in [2.24, 2.45) is 4.99 Å². The second-order valence-corrected chi connectivity index (χ2v) is 4.37. The van der Waals surface area contributed by atoms with E-state index in [0.29, 0.717) is 11.7 Å². The molecule has 1 saturated heterocycles. The van der Waals surface area contributed by atoms with Crippen LogP contribution in [0.15, 0.2) is 16.4 Å². The van der Waals surface area contributed by atoms with E-state index in [4.69, 9.17) is 0 Å². The molecule has 3 nitrogen and oxygen atoms in total. The molecule has 0 aromatic carbocycles. The summed E-state index contributed by atoms with van der Waals surface area (Å²) in [5, 5.41) is 11.3. The fraction of sp³-hybridized carbons (Fsp3) is 0.667. The monoisotopic (exact) mass is 208 g/mol. The number of rotatable bonds is 3. The fourth-order valence-corrected chi connectivity index (χ4v) is 1.86. The average Bonchev–Trinajstić information content (AvgIpc) is 2.51. The molecule has 86 valence electrons. The summed E-state index contributed by atoms with van der Waals surface area (Å²) in [6.45, 7) is 6.54. The van der Waals surface area contributed by atoms with Crippen LogP contribution in [0, 0.1) is 5.92 Å². The summed E-state index contributed by atoms with van der Waals surface area (Å²) in [6.07, 6.45) is 4.28. The second-order valence-electron chi connectivity index (χ2n) is 4.37. The average molecular weight is 208 g/mol. The van der Waals surface area contributed by atoms with Crippen LogP contribution in [0.1, 0.15) is 33.6 Å². The van der Waals surface area contributed by atoms with Crippen LogP contribution in [0.3, 0.4) is 0 Å². The Balaban J connectivity index is 2.66. The molecular formula is C12H20N2O-2. The highest BCUT2D eigenvalue weighted by Gasteiger charge is 2.18. The summed E-state index contributed by atoms with van der Waals surface area (Å²) in [6, 6.07) is 0.402. The van der Waals surface area contributed by atoms with Gasteiger partial charge in [0.1, 0.15) is 0 Å². The zero-order valence-corrected chi connectivity index (χ0v) is 10.1. The van der Waals surface area contributed by atoms with Crippen molar-refractivity contribution in [3.63, 3.8) is 0 Å². The van der Waals surface area contributed by atoms with Crippen molar-refractivity contribution in [1.82, 2.24) is 4.90 Å². The lowest BCUT2D eigenvalue weighted by Crippen LogP contribution is -2.26. The number of likely N-dealkylation sites (tertiary alicyclic amines) is 1. The van der Waals surface area contributed by atoms with Crippen molar-refractivity contribution in [1.29, 1.82) is 0 Å². The molecule has 1 atom stereocenters. The minimum Gasteiger partial charge on any atom is -0.955 e. The van der Waals surface area contributed by atoms with Crippen LogP contribution in [-0.2, 0) is 0 Å². The first kappa shape index (κ1) is 12.1. The molecule has 1 heterocycles. The van der Waals surface area contributed by atoms with Crippen molar-refractivity contribution >= 4 is 6.21 Å². The summed E-state index contributed by atoms with van der Waals surface area (Å²) in [4.78, 5) is 6.59. The highest BCUT2D eigenvalue weighted by Crippen LogP contribution is 2.17. The molecular weight excluding hydrogens is 188 g/mol. The molecule has 1 fully saturated rings. The molecule has 0 N–H and O–H groups in total. The van der Waals surface area contributed by atoms with Crippen LogP contribution in [-0.4, -0.2) is 30.7 Å². The summed E-state index contributed by atoms with van der Waals surface area (Å²) in [7, 11) is 2.10. The van der Waals surface area contributed by atoms with Gasteiger partial charge in [-0.25, -0.2) is 0 Å². The van der Waals surface area contributed by atoms with Crippen LogP contribution >= 0.6 is 0 Å². The molecule has 15 heavy (non-hydrogen) atoms. The number of hydrogen-bond acceptors (Lipinski definition) is 3. The molecule has 3 heteroatoms. The normalized spacial score (nSPS) is 24.7.